The Kier molecular flexibility index (Phi) is 7.72. The van der Waals surface area contributed by atoms with Gasteiger partial charge in [-0.3, -0.25) is 9.36 Å². The Balaban J connectivity index is 1.38. The second-order valence-electron chi connectivity index (χ2n) is 8.46. The first-order valence-electron chi connectivity index (χ1n) is 12.0. The largest absolute Gasteiger partial charge is 0.497 e. The molecule has 1 fully saturated rings. The van der Waals surface area contributed by atoms with Gasteiger partial charge in [0, 0.05) is 35.7 Å². The van der Waals surface area contributed by atoms with Crippen molar-refractivity contribution in [1.82, 2.24) is 19.7 Å². The lowest BCUT2D eigenvalue weighted by molar-refractivity contribution is 0.0303. The standard InChI is InChI=1S/C28H28N4O4S/c1-34-24-12-10-23(11-13-24)32-26(22-4-3-5-25(18-22)35-2)29-30-28(32)37-19-20-6-8-21(9-7-20)27(33)31-14-16-36-17-15-31/h3-13,18H,14-17,19H2,1-2H3. The van der Waals surface area contributed by atoms with Crippen molar-refractivity contribution in [2.24, 2.45) is 0 Å². The number of carbonyl (C=O) groups excluding carboxylic acids is 1. The minimum absolute atomic E-state index is 0.0460. The number of hydrogen-bond donors (Lipinski definition) is 0. The Bertz CT molecular complexity index is 1350. The zero-order chi connectivity index (χ0) is 25.6. The summed E-state index contributed by atoms with van der Waals surface area (Å²) in [7, 11) is 3.30. The van der Waals surface area contributed by atoms with E-state index in [1.807, 2.05) is 82.3 Å². The molecule has 0 spiro atoms. The SMILES string of the molecule is COc1ccc(-n2c(SCc3ccc(C(=O)N4CCOCC4)cc3)nnc2-c2cccc(OC)c2)cc1. The van der Waals surface area contributed by atoms with Crippen LogP contribution in [0.5, 0.6) is 11.5 Å². The summed E-state index contributed by atoms with van der Waals surface area (Å²) in [5.41, 5.74) is 3.62. The van der Waals surface area contributed by atoms with Crippen molar-refractivity contribution in [3.8, 4) is 28.6 Å². The Morgan fingerprint density at radius 2 is 1.65 bits per heavy atom. The van der Waals surface area contributed by atoms with E-state index in [1.165, 1.54) is 0 Å². The van der Waals surface area contributed by atoms with Crippen molar-refractivity contribution in [2.45, 2.75) is 10.9 Å². The predicted molar refractivity (Wildman–Crippen MR) is 143 cm³/mol. The van der Waals surface area contributed by atoms with Gasteiger partial charge in [0.2, 0.25) is 0 Å². The van der Waals surface area contributed by atoms with Crippen LogP contribution < -0.4 is 9.47 Å². The van der Waals surface area contributed by atoms with Crippen LogP contribution in [0.15, 0.2) is 78.0 Å². The number of benzene rings is 3. The van der Waals surface area contributed by atoms with E-state index >= 15 is 0 Å². The van der Waals surface area contributed by atoms with E-state index in [1.54, 1.807) is 26.0 Å². The van der Waals surface area contributed by atoms with Gasteiger partial charge in [-0.25, -0.2) is 0 Å². The Morgan fingerprint density at radius 1 is 0.919 bits per heavy atom. The number of ether oxygens (including phenoxy) is 3. The predicted octanol–water partition coefficient (Wildman–Crippen LogP) is 4.72. The Morgan fingerprint density at radius 3 is 2.35 bits per heavy atom. The van der Waals surface area contributed by atoms with Crippen molar-refractivity contribution in [2.75, 3.05) is 40.5 Å². The first-order valence-corrected chi connectivity index (χ1v) is 13.0. The monoisotopic (exact) mass is 516 g/mol. The molecule has 1 aromatic heterocycles. The average Bonchev–Trinajstić information content (AvgIpc) is 3.40. The molecule has 0 aliphatic carbocycles. The molecular weight excluding hydrogens is 488 g/mol. The topological polar surface area (TPSA) is 78.7 Å². The van der Waals surface area contributed by atoms with Crippen molar-refractivity contribution in [3.05, 3.63) is 83.9 Å². The minimum Gasteiger partial charge on any atom is -0.497 e. The van der Waals surface area contributed by atoms with Crippen molar-refractivity contribution in [1.29, 1.82) is 0 Å². The van der Waals surface area contributed by atoms with Crippen LogP contribution in [0.25, 0.3) is 17.1 Å². The molecule has 1 amide bonds. The highest BCUT2D eigenvalue weighted by molar-refractivity contribution is 7.98. The molecular formula is C28H28N4O4S. The zero-order valence-corrected chi connectivity index (χ0v) is 21.6. The van der Waals surface area contributed by atoms with E-state index in [-0.39, 0.29) is 5.91 Å². The molecule has 0 bridgehead atoms. The average molecular weight is 517 g/mol. The van der Waals surface area contributed by atoms with Gasteiger partial charge in [-0.2, -0.15) is 0 Å². The normalized spacial score (nSPS) is 13.4. The smallest absolute Gasteiger partial charge is 0.254 e. The number of morpholine rings is 1. The van der Waals surface area contributed by atoms with Gasteiger partial charge in [-0.05, 0) is 54.1 Å². The van der Waals surface area contributed by atoms with Crippen LogP contribution in [0.3, 0.4) is 0 Å². The highest BCUT2D eigenvalue weighted by Crippen LogP contribution is 2.32. The molecule has 1 aliphatic heterocycles. The molecule has 0 N–H and O–H groups in total. The lowest BCUT2D eigenvalue weighted by atomic mass is 10.1. The lowest BCUT2D eigenvalue weighted by Crippen LogP contribution is -2.40. The second kappa shape index (κ2) is 11.5. The quantitative estimate of drug-likeness (QED) is 0.314. The summed E-state index contributed by atoms with van der Waals surface area (Å²) in [5, 5.41) is 9.81. The molecule has 0 atom stereocenters. The van der Waals surface area contributed by atoms with Crippen LogP contribution in [-0.4, -0.2) is 66.1 Å². The summed E-state index contributed by atoms with van der Waals surface area (Å²) in [6.07, 6.45) is 0. The van der Waals surface area contributed by atoms with Gasteiger partial charge in [0.1, 0.15) is 11.5 Å². The van der Waals surface area contributed by atoms with Crippen molar-refractivity contribution in [3.63, 3.8) is 0 Å². The number of hydrogen-bond acceptors (Lipinski definition) is 7. The number of carbonyl (C=O) groups is 1. The van der Waals surface area contributed by atoms with Gasteiger partial charge in [0.15, 0.2) is 11.0 Å². The van der Waals surface area contributed by atoms with Crippen LogP contribution in [0, 0.1) is 0 Å². The van der Waals surface area contributed by atoms with Crippen LogP contribution >= 0.6 is 11.8 Å². The van der Waals surface area contributed by atoms with E-state index in [9.17, 15) is 4.79 Å². The molecule has 190 valence electrons. The van der Waals surface area contributed by atoms with Crippen molar-refractivity contribution >= 4 is 17.7 Å². The number of methoxy groups -OCH3 is 2. The van der Waals surface area contributed by atoms with Crippen LogP contribution in [0.1, 0.15) is 15.9 Å². The van der Waals surface area contributed by atoms with Crippen LogP contribution in [0.4, 0.5) is 0 Å². The van der Waals surface area contributed by atoms with Gasteiger partial charge < -0.3 is 19.1 Å². The summed E-state index contributed by atoms with van der Waals surface area (Å²) in [6, 6.07) is 23.4. The fraction of sp³-hybridized carbons (Fsp3) is 0.250. The molecule has 37 heavy (non-hydrogen) atoms. The van der Waals surface area contributed by atoms with Gasteiger partial charge >= 0.3 is 0 Å². The number of rotatable bonds is 8. The fourth-order valence-electron chi connectivity index (χ4n) is 4.12. The third kappa shape index (κ3) is 5.63. The fourth-order valence-corrected chi connectivity index (χ4v) is 5.02. The van der Waals surface area contributed by atoms with Crippen LogP contribution in [0.2, 0.25) is 0 Å². The first-order chi connectivity index (χ1) is 18.2. The number of thioether (sulfide) groups is 1. The summed E-state index contributed by atoms with van der Waals surface area (Å²) in [4.78, 5) is 14.6. The molecule has 0 unspecified atom stereocenters. The summed E-state index contributed by atoms with van der Waals surface area (Å²) in [6.45, 7) is 2.44. The molecule has 0 saturated carbocycles. The molecule has 0 radical (unpaired) electrons. The van der Waals surface area contributed by atoms with Gasteiger partial charge in [-0.1, -0.05) is 36.0 Å². The van der Waals surface area contributed by atoms with Gasteiger partial charge in [0.05, 0.1) is 27.4 Å². The summed E-state index contributed by atoms with van der Waals surface area (Å²) in [5.74, 6) is 2.98. The van der Waals surface area contributed by atoms with E-state index in [0.717, 1.165) is 39.3 Å². The molecule has 3 aromatic carbocycles. The molecule has 5 rings (SSSR count). The Hall–Kier alpha value is -3.82. The third-order valence-electron chi connectivity index (χ3n) is 6.16. The molecule has 1 saturated heterocycles. The summed E-state index contributed by atoms with van der Waals surface area (Å²) < 4.78 is 18.1. The zero-order valence-electron chi connectivity index (χ0n) is 20.8. The van der Waals surface area contributed by atoms with Gasteiger partial charge in [0.25, 0.3) is 5.91 Å². The van der Waals surface area contributed by atoms with Crippen molar-refractivity contribution < 1.29 is 19.0 Å². The number of amides is 1. The maximum atomic E-state index is 12.7. The van der Waals surface area contributed by atoms with E-state index in [2.05, 4.69) is 10.2 Å². The second-order valence-corrected chi connectivity index (χ2v) is 9.40. The maximum Gasteiger partial charge on any atom is 0.254 e. The summed E-state index contributed by atoms with van der Waals surface area (Å²) >= 11 is 1.59. The minimum atomic E-state index is 0.0460. The van der Waals surface area contributed by atoms with Crippen LogP contribution in [-0.2, 0) is 10.5 Å². The molecule has 4 aromatic rings. The molecule has 8 nitrogen and oxygen atoms in total. The third-order valence-corrected chi connectivity index (χ3v) is 7.16. The molecule has 9 heteroatoms. The lowest BCUT2D eigenvalue weighted by Gasteiger charge is -2.26. The van der Waals surface area contributed by atoms with E-state index in [0.29, 0.717) is 37.6 Å². The Labute approximate surface area is 220 Å². The highest BCUT2D eigenvalue weighted by atomic mass is 32.2. The van der Waals surface area contributed by atoms with Gasteiger partial charge in [-0.15, -0.1) is 10.2 Å². The van der Waals surface area contributed by atoms with E-state index in [4.69, 9.17) is 14.2 Å². The maximum absolute atomic E-state index is 12.7. The number of aromatic nitrogens is 3. The first kappa shape index (κ1) is 24.9. The highest BCUT2D eigenvalue weighted by Gasteiger charge is 2.19. The number of nitrogens with zero attached hydrogens (tertiary/aromatic N) is 4. The molecule has 2 heterocycles. The van der Waals surface area contributed by atoms with E-state index < -0.39 is 0 Å². The molecule has 1 aliphatic rings.